The van der Waals surface area contributed by atoms with E-state index in [1.807, 2.05) is 0 Å². The Morgan fingerprint density at radius 3 is 1.95 bits per heavy atom. The number of unbranched alkanes of at least 4 members (excludes halogenated alkanes) is 1. The van der Waals surface area contributed by atoms with E-state index in [0.717, 1.165) is 52.0 Å². The predicted octanol–water partition coefficient (Wildman–Crippen LogP) is 1.70. The smallest absolute Gasteiger partial charge is 0.314 e. The number of carbonyl (C=O) groups excluding carboxylic acids is 1. The molecule has 0 bridgehead atoms. The van der Waals surface area contributed by atoms with E-state index in [2.05, 4.69) is 49.0 Å². The number of carbonyl (C=O) groups is 1. The van der Waals surface area contributed by atoms with Crippen LogP contribution in [0.15, 0.2) is 0 Å². The molecule has 5 nitrogen and oxygen atoms in total. The topological polar surface area (TPSA) is 65.2 Å². The molecule has 20 heavy (non-hydrogen) atoms. The Balaban J connectivity index is 4.27. The molecular weight excluding hydrogens is 252 g/mol. The molecule has 0 aromatic carbocycles. The van der Waals surface area contributed by atoms with Gasteiger partial charge in [0.25, 0.3) is 0 Å². The fourth-order valence-electron chi connectivity index (χ4n) is 2.05. The average Bonchev–Trinajstić information content (AvgIpc) is 2.47. The molecule has 0 aliphatic carbocycles. The zero-order valence-electron chi connectivity index (χ0n) is 13.8. The van der Waals surface area contributed by atoms with Gasteiger partial charge in [-0.25, -0.2) is 4.79 Å². The van der Waals surface area contributed by atoms with Crippen molar-refractivity contribution in [3.8, 4) is 0 Å². The zero-order chi connectivity index (χ0) is 15.3. The minimum atomic E-state index is -0.0516. The molecule has 0 heterocycles. The van der Waals surface area contributed by atoms with Crippen molar-refractivity contribution in [3.05, 3.63) is 0 Å². The van der Waals surface area contributed by atoms with E-state index >= 15 is 0 Å². The summed E-state index contributed by atoms with van der Waals surface area (Å²) in [6, 6.07) is -0.0516. The minimum absolute atomic E-state index is 0.0516. The van der Waals surface area contributed by atoms with Crippen molar-refractivity contribution in [3.63, 3.8) is 0 Å². The van der Waals surface area contributed by atoms with Crippen LogP contribution in [0.4, 0.5) is 4.79 Å². The van der Waals surface area contributed by atoms with Crippen LogP contribution in [0.1, 0.15) is 47.0 Å². The normalized spacial score (nSPS) is 11.4. The maximum atomic E-state index is 11.8. The van der Waals surface area contributed by atoms with Gasteiger partial charge in [0.1, 0.15) is 0 Å². The molecule has 4 N–H and O–H groups in total. The van der Waals surface area contributed by atoms with Crippen molar-refractivity contribution in [1.82, 2.24) is 21.3 Å². The van der Waals surface area contributed by atoms with Crippen molar-refractivity contribution < 1.29 is 4.79 Å². The van der Waals surface area contributed by atoms with E-state index in [1.54, 1.807) is 0 Å². The first-order valence-electron chi connectivity index (χ1n) is 8.07. The highest BCUT2D eigenvalue weighted by atomic mass is 16.2. The molecule has 0 rings (SSSR count). The Bertz CT molecular complexity index is 238. The van der Waals surface area contributed by atoms with Gasteiger partial charge in [-0.3, -0.25) is 0 Å². The van der Waals surface area contributed by atoms with Crippen molar-refractivity contribution in [2.24, 2.45) is 5.41 Å². The molecule has 0 aromatic heterocycles. The highest BCUT2D eigenvalue weighted by molar-refractivity contribution is 5.73. The molecule has 0 fully saturated rings. The van der Waals surface area contributed by atoms with E-state index in [-0.39, 0.29) is 11.4 Å². The van der Waals surface area contributed by atoms with Gasteiger partial charge >= 0.3 is 6.03 Å². The lowest BCUT2D eigenvalue weighted by atomic mass is 9.84. The van der Waals surface area contributed by atoms with Crippen LogP contribution in [0.2, 0.25) is 0 Å². The van der Waals surface area contributed by atoms with Gasteiger partial charge in [-0.2, -0.15) is 0 Å². The van der Waals surface area contributed by atoms with E-state index in [9.17, 15) is 4.79 Å². The Hall–Kier alpha value is -0.810. The summed E-state index contributed by atoms with van der Waals surface area (Å²) in [7, 11) is 0. The van der Waals surface area contributed by atoms with Gasteiger partial charge in [0.2, 0.25) is 0 Å². The number of hydrogen-bond acceptors (Lipinski definition) is 3. The van der Waals surface area contributed by atoms with Crippen LogP contribution in [-0.4, -0.2) is 45.3 Å². The Morgan fingerprint density at radius 1 is 0.900 bits per heavy atom. The highest BCUT2D eigenvalue weighted by Crippen LogP contribution is 2.19. The minimum Gasteiger partial charge on any atom is -0.338 e. The summed E-state index contributed by atoms with van der Waals surface area (Å²) in [6.45, 7) is 13.7. The predicted molar refractivity (Wildman–Crippen MR) is 86.1 cm³/mol. The lowest BCUT2D eigenvalue weighted by molar-refractivity contribution is 0.216. The largest absolute Gasteiger partial charge is 0.338 e. The lowest BCUT2D eigenvalue weighted by Crippen LogP contribution is -2.51. The molecule has 5 heteroatoms. The quantitative estimate of drug-likeness (QED) is 0.413. The second kappa shape index (κ2) is 12.0. The third-order valence-corrected chi connectivity index (χ3v) is 3.69. The van der Waals surface area contributed by atoms with Gasteiger partial charge in [0.15, 0.2) is 0 Å². The number of amides is 2. The molecule has 0 unspecified atom stereocenters. The lowest BCUT2D eigenvalue weighted by Gasteiger charge is -2.33. The standard InChI is InChI=1S/C15H34N4O/c1-5-9-10-18-14(20)19-13-15(6-2,11-16-7-3)12-17-8-4/h16-17H,5-13H2,1-4H3,(H2,18,19,20). The van der Waals surface area contributed by atoms with Gasteiger partial charge in [-0.15, -0.1) is 0 Å². The van der Waals surface area contributed by atoms with Crippen molar-refractivity contribution >= 4 is 6.03 Å². The summed E-state index contributed by atoms with van der Waals surface area (Å²) >= 11 is 0. The third kappa shape index (κ3) is 8.38. The first kappa shape index (κ1) is 19.2. The molecule has 120 valence electrons. The molecule has 2 amide bonds. The molecule has 0 saturated carbocycles. The van der Waals surface area contributed by atoms with Crippen LogP contribution < -0.4 is 21.3 Å². The molecule has 0 aliphatic rings. The molecule has 0 aromatic rings. The third-order valence-electron chi connectivity index (χ3n) is 3.69. The van der Waals surface area contributed by atoms with E-state index in [0.29, 0.717) is 6.54 Å². The average molecular weight is 286 g/mol. The monoisotopic (exact) mass is 286 g/mol. The molecular formula is C15H34N4O. The molecule has 0 saturated heterocycles. The van der Waals surface area contributed by atoms with Gasteiger partial charge in [-0.05, 0) is 25.9 Å². The number of rotatable bonds is 12. The van der Waals surface area contributed by atoms with Crippen LogP contribution >= 0.6 is 0 Å². The molecule has 0 radical (unpaired) electrons. The molecule has 0 atom stereocenters. The van der Waals surface area contributed by atoms with Gasteiger partial charge in [0, 0.05) is 31.6 Å². The Labute approximate surface area is 124 Å². The first-order chi connectivity index (χ1) is 9.64. The fraction of sp³-hybridized carbons (Fsp3) is 0.933. The summed E-state index contributed by atoms with van der Waals surface area (Å²) in [5.41, 5.74) is 0.0775. The zero-order valence-corrected chi connectivity index (χ0v) is 13.8. The molecule has 0 spiro atoms. The van der Waals surface area contributed by atoms with Gasteiger partial charge < -0.3 is 21.3 Å². The second-order valence-corrected chi connectivity index (χ2v) is 5.38. The second-order valence-electron chi connectivity index (χ2n) is 5.38. The number of urea groups is 1. The van der Waals surface area contributed by atoms with Crippen molar-refractivity contribution in [1.29, 1.82) is 0 Å². The Morgan fingerprint density at radius 2 is 1.50 bits per heavy atom. The number of nitrogens with one attached hydrogen (secondary N) is 4. The molecule has 0 aliphatic heterocycles. The van der Waals surface area contributed by atoms with Crippen LogP contribution in [0, 0.1) is 5.41 Å². The summed E-state index contributed by atoms with van der Waals surface area (Å²) in [6.07, 6.45) is 3.16. The van der Waals surface area contributed by atoms with Crippen LogP contribution in [0.3, 0.4) is 0 Å². The SMILES string of the molecule is CCCCNC(=O)NCC(CC)(CNCC)CNCC. The fourth-order valence-corrected chi connectivity index (χ4v) is 2.05. The van der Waals surface area contributed by atoms with Crippen LogP contribution in [0.25, 0.3) is 0 Å². The van der Waals surface area contributed by atoms with Crippen LogP contribution in [0.5, 0.6) is 0 Å². The van der Waals surface area contributed by atoms with E-state index < -0.39 is 0 Å². The van der Waals surface area contributed by atoms with Crippen LogP contribution in [-0.2, 0) is 0 Å². The van der Waals surface area contributed by atoms with Crippen molar-refractivity contribution in [2.75, 3.05) is 39.3 Å². The summed E-state index contributed by atoms with van der Waals surface area (Å²) in [4.78, 5) is 11.8. The van der Waals surface area contributed by atoms with E-state index in [1.165, 1.54) is 0 Å². The van der Waals surface area contributed by atoms with E-state index in [4.69, 9.17) is 0 Å². The van der Waals surface area contributed by atoms with Gasteiger partial charge in [0.05, 0.1) is 0 Å². The number of hydrogen-bond donors (Lipinski definition) is 4. The highest BCUT2D eigenvalue weighted by Gasteiger charge is 2.27. The first-order valence-corrected chi connectivity index (χ1v) is 8.07. The van der Waals surface area contributed by atoms with Gasteiger partial charge in [-0.1, -0.05) is 34.1 Å². The summed E-state index contributed by atoms with van der Waals surface area (Å²) in [5, 5.41) is 12.7. The maximum absolute atomic E-state index is 11.8. The summed E-state index contributed by atoms with van der Waals surface area (Å²) in [5.74, 6) is 0. The Kier molecular flexibility index (Phi) is 11.5. The summed E-state index contributed by atoms with van der Waals surface area (Å²) < 4.78 is 0. The van der Waals surface area contributed by atoms with Crippen molar-refractivity contribution in [2.45, 2.75) is 47.0 Å². The maximum Gasteiger partial charge on any atom is 0.314 e.